The summed E-state index contributed by atoms with van der Waals surface area (Å²) >= 11 is 0. The number of hydrogen-bond donors (Lipinski definition) is 1. The fourth-order valence-electron chi connectivity index (χ4n) is 4.76. The summed E-state index contributed by atoms with van der Waals surface area (Å²) in [4.78, 5) is 24.0. The van der Waals surface area contributed by atoms with Gasteiger partial charge in [-0.3, -0.25) is 0 Å². The lowest BCUT2D eigenvalue weighted by molar-refractivity contribution is 0.122. The van der Waals surface area contributed by atoms with E-state index in [1.165, 1.54) is 16.0 Å². The van der Waals surface area contributed by atoms with Crippen molar-refractivity contribution in [2.24, 2.45) is 0 Å². The molecule has 2 fully saturated rings. The summed E-state index contributed by atoms with van der Waals surface area (Å²) in [5.74, 6) is 1.75. The summed E-state index contributed by atoms with van der Waals surface area (Å²) in [7, 11) is 1.56. The number of carbonyl (C=O) groups is 1. The Labute approximate surface area is 191 Å². The molecule has 2 saturated heterocycles. The molecule has 2 aliphatic heterocycles. The molecule has 2 aromatic heterocycles. The second kappa shape index (κ2) is 8.86. The normalized spacial score (nSPS) is 17.5. The summed E-state index contributed by atoms with van der Waals surface area (Å²) in [5.41, 5.74) is 3.40. The SMILES string of the molecule is COc1nc(N2CCOCC2)cc(-n2ncc3cc(C)c(C4CCN(C(=O)O)CC4)cc32)n1. The smallest absolute Gasteiger partial charge is 0.407 e. The van der Waals surface area contributed by atoms with E-state index in [9.17, 15) is 9.90 Å². The molecule has 1 aromatic carbocycles. The molecule has 0 unspecified atom stereocenters. The van der Waals surface area contributed by atoms with Crippen LogP contribution in [0.1, 0.15) is 29.9 Å². The number of aryl methyl sites for hydroxylation is 1. The van der Waals surface area contributed by atoms with Gasteiger partial charge < -0.3 is 24.4 Å². The van der Waals surface area contributed by atoms with E-state index in [0.29, 0.717) is 44.0 Å². The van der Waals surface area contributed by atoms with Crippen LogP contribution in [-0.2, 0) is 4.74 Å². The third-order valence-corrected chi connectivity index (χ3v) is 6.57. The van der Waals surface area contributed by atoms with Crippen LogP contribution < -0.4 is 9.64 Å². The van der Waals surface area contributed by atoms with Gasteiger partial charge >= 0.3 is 12.1 Å². The first-order valence-corrected chi connectivity index (χ1v) is 11.3. The summed E-state index contributed by atoms with van der Waals surface area (Å²) < 4.78 is 12.7. The van der Waals surface area contributed by atoms with Gasteiger partial charge in [-0.05, 0) is 48.9 Å². The fraction of sp³-hybridized carbons (Fsp3) is 0.478. The number of morpholine rings is 1. The standard InChI is InChI=1S/C23H28N6O4/c1-15-11-17-14-24-29(19(17)12-18(15)16-3-5-28(6-4-16)23(30)31)21-13-20(25-22(26-21)32-2)27-7-9-33-10-8-27/h11-14,16H,3-10H2,1-2H3,(H,30,31). The Morgan fingerprint density at radius 1 is 1.09 bits per heavy atom. The first-order valence-electron chi connectivity index (χ1n) is 11.3. The van der Waals surface area contributed by atoms with Crippen molar-refractivity contribution in [3.63, 3.8) is 0 Å². The third kappa shape index (κ3) is 4.18. The number of piperidine rings is 1. The number of methoxy groups -OCH3 is 1. The number of anilines is 1. The topological polar surface area (TPSA) is 106 Å². The van der Waals surface area contributed by atoms with Crippen molar-refractivity contribution < 1.29 is 19.4 Å². The summed E-state index contributed by atoms with van der Waals surface area (Å²) in [6.07, 6.45) is 2.64. The van der Waals surface area contributed by atoms with E-state index in [1.54, 1.807) is 7.11 Å². The molecule has 0 aliphatic carbocycles. The number of amides is 1. The highest BCUT2D eigenvalue weighted by Gasteiger charge is 2.25. The molecule has 2 aliphatic rings. The number of rotatable bonds is 4. The zero-order valence-corrected chi connectivity index (χ0v) is 18.9. The number of carboxylic acid groups (broad SMARTS) is 1. The van der Waals surface area contributed by atoms with Crippen molar-refractivity contribution in [2.75, 3.05) is 51.4 Å². The van der Waals surface area contributed by atoms with Crippen molar-refractivity contribution in [3.8, 4) is 11.8 Å². The van der Waals surface area contributed by atoms with Crippen LogP contribution in [-0.4, -0.2) is 82.4 Å². The number of benzene rings is 1. The van der Waals surface area contributed by atoms with Crippen LogP contribution in [0.5, 0.6) is 6.01 Å². The summed E-state index contributed by atoms with van der Waals surface area (Å²) in [6, 6.07) is 6.57. The molecule has 4 heterocycles. The molecule has 10 heteroatoms. The van der Waals surface area contributed by atoms with E-state index >= 15 is 0 Å². The second-order valence-corrected chi connectivity index (χ2v) is 8.54. The lowest BCUT2D eigenvalue weighted by Crippen LogP contribution is -2.37. The molecule has 3 aromatic rings. The molecule has 0 saturated carbocycles. The number of nitrogens with zero attached hydrogens (tertiary/aromatic N) is 6. The summed E-state index contributed by atoms with van der Waals surface area (Å²) in [5, 5.41) is 14.9. The molecule has 10 nitrogen and oxygen atoms in total. The van der Waals surface area contributed by atoms with Crippen molar-refractivity contribution >= 4 is 22.8 Å². The highest BCUT2D eigenvalue weighted by Crippen LogP contribution is 2.33. The van der Waals surface area contributed by atoms with Gasteiger partial charge in [0.15, 0.2) is 5.82 Å². The first-order chi connectivity index (χ1) is 16.0. The van der Waals surface area contributed by atoms with Gasteiger partial charge in [0.2, 0.25) is 0 Å². The van der Waals surface area contributed by atoms with Gasteiger partial charge in [0.1, 0.15) is 5.82 Å². The number of ether oxygens (including phenoxy) is 2. The molecule has 5 rings (SSSR count). The van der Waals surface area contributed by atoms with Crippen LogP contribution in [0.25, 0.3) is 16.7 Å². The Bertz CT molecular complexity index is 1170. The third-order valence-electron chi connectivity index (χ3n) is 6.57. The van der Waals surface area contributed by atoms with Crippen molar-refractivity contribution in [3.05, 3.63) is 35.5 Å². The Morgan fingerprint density at radius 2 is 1.82 bits per heavy atom. The van der Waals surface area contributed by atoms with Gasteiger partial charge in [0.05, 0.1) is 32.0 Å². The van der Waals surface area contributed by atoms with Gasteiger partial charge in [0.25, 0.3) is 0 Å². The van der Waals surface area contributed by atoms with Crippen LogP contribution in [0, 0.1) is 6.92 Å². The zero-order chi connectivity index (χ0) is 22.9. The van der Waals surface area contributed by atoms with Crippen LogP contribution in [0.4, 0.5) is 10.6 Å². The minimum atomic E-state index is -0.840. The monoisotopic (exact) mass is 452 g/mol. The molecule has 0 atom stereocenters. The van der Waals surface area contributed by atoms with Crippen LogP contribution in [0.15, 0.2) is 24.4 Å². The maximum atomic E-state index is 11.3. The van der Waals surface area contributed by atoms with Crippen LogP contribution in [0.3, 0.4) is 0 Å². The molecule has 0 bridgehead atoms. The quantitative estimate of drug-likeness (QED) is 0.644. The average molecular weight is 453 g/mol. The van der Waals surface area contributed by atoms with Crippen LogP contribution >= 0.6 is 0 Å². The van der Waals surface area contributed by atoms with Gasteiger partial charge in [0, 0.05) is 37.6 Å². The highest BCUT2D eigenvalue weighted by atomic mass is 16.5. The Balaban J connectivity index is 1.51. The molecule has 174 valence electrons. The minimum absolute atomic E-state index is 0.297. The molecule has 0 spiro atoms. The number of likely N-dealkylation sites (tertiary alicyclic amines) is 1. The van der Waals surface area contributed by atoms with Gasteiger partial charge in [-0.15, -0.1) is 0 Å². The van der Waals surface area contributed by atoms with Crippen molar-refractivity contribution in [1.29, 1.82) is 0 Å². The first kappa shape index (κ1) is 21.4. The number of hydrogen-bond acceptors (Lipinski definition) is 7. The maximum Gasteiger partial charge on any atom is 0.407 e. The van der Waals surface area contributed by atoms with E-state index in [2.05, 4.69) is 39.0 Å². The number of aromatic nitrogens is 4. The van der Waals surface area contributed by atoms with E-state index in [1.807, 2.05) is 16.9 Å². The lowest BCUT2D eigenvalue weighted by atomic mass is 9.86. The van der Waals surface area contributed by atoms with Gasteiger partial charge in [-0.1, -0.05) is 0 Å². The van der Waals surface area contributed by atoms with E-state index in [4.69, 9.17) is 9.47 Å². The zero-order valence-electron chi connectivity index (χ0n) is 18.9. The fourth-order valence-corrected chi connectivity index (χ4v) is 4.76. The molecule has 1 amide bonds. The Hall–Kier alpha value is -3.40. The Morgan fingerprint density at radius 3 is 2.52 bits per heavy atom. The van der Waals surface area contributed by atoms with Crippen molar-refractivity contribution in [2.45, 2.75) is 25.7 Å². The van der Waals surface area contributed by atoms with E-state index < -0.39 is 6.09 Å². The van der Waals surface area contributed by atoms with Crippen molar-refractivity contribution in [1.82, 2.24) is 24.6 Å². The number of fused-ring (bicyclic) bond motifs is 1. The average Bonchev–Trinajstić information content (AvgIpc) is 3.26. The predicted octanol–water partition coefficient (Wildman–Crippen LogP) is 2.83. The molecule has 1 N–H and O–H groups in total. The van der Waals surface area contributed by atoms with E-state index in [0.717, 1.165) is 42.7 Å². The van der Waals surface area contributed by atoms with Gasteiger partial charge in [-0.25, -0.2) is 9.48 Å². The lowest BCUT2D eigenvalue weighted by Gasteiger charge is -2.31. The molecule has 0 radical (unpaired) electrons. The second-order valence-electron chi connectivity index (χ2n) is 8.54. The van der Waals surface area contributed by atoms with E-state index in [-0.39, 0.29) is 0 Å². The Kier molecular flexibility index (Phi) is 5.76. The highest BCUT2D eigenvalue weighted by molar-refractivity contribution is 5.82. The largest absolute Gasteiger partial charge is 0.467 e. The van der Waals surface area contributed by atoms with Crippen LogP contribution in [0.2, 0.25) is 0 Å². The molecular formula is C23H28N6O4. The molecule has 33 heavy (non-hydrogen) atoms. The maximum absolute atomic E-state index is 11.3. The minimum Gasteiger partial charge on any atom is -0.467 e. The predicted molar refractivity (Wildman–Crippen MR) is 123 cm³/mol. The molecular weight excluding hydrogens is 424 g/mol. The van der Waals surface area contributed by atoms with Gasteiger partial charge in [-0.2, -0.15) is 15.1 Å². The summed E-state index contributed by atoms with van der Waals surface area (Å²) in [6.45, 7) is 6.08.